The molecule has 0 bridgehead atoms. The Bertz CT molecular complexity index is 669. The van der Waals surface area contributed by atoms with E-state index in [1.54, 1.807) is 7.05 Å². The maximum atomic E-state index is 12.4. The third-order valence-electron chi connectivity index (χ3n) is 4.88. The zero-order valence-corrected chi connectivity index (χ0v) is 16.6. The van der Waals surface area contributed by atoms with Crippen molar-refractivity contribution in [3.63, 3.8) is 0 Å². The minimum absolute atomic E-state index is 0.119. The number of benzene rings is 1. The van der Waals surface area contributed by atoms with Crippen LogP contribution in [0.5, 0.6) is 0 Å². The number of carbonyl (C=O) groups is 1. The molecule has 2 fully saturated rings. The molecule has 27 heavy (non-hydrogen) atoms. The third-order valence-corrected chi connectivity index (χ3v) is 6.26. The number of ether oxygens (including phenoxy) is 1. The second-order valence-corrected chi connectivity index (χ2v) is 8.22. The summed E-state index contributed by atoms with van der Waals surface area (Å²) in [5.74, 6) is 1.44. The highest BCUT2D eigenvalue weighted by Crippen LogP contribution is 2.16. The summed E-state index contributed by atoms with van der Waals surface area (Å²) in [5.41, 5.74) is 0. The van der Waals surface area contributed by atoms with Crippen LogP contribution >= 0.6 is 0 Å². The molecule has 0 aromatic heterocycles. The van der Waals surface area contributed by atoms with E-state index < -0.39 is 10.8 Å². The first kappa shape index (κ1) is 19.8. The van der Waals surface area contributed by atoms with Crippen LogP contribution in [0, 0.1) is 0 Å². The van der Waals surface area contributed by atoms with Gasteiger partial charge in [0.05, 0.1) is 10.8 Å². The molecule has 2 saturated heterocycles. The second-order valence-electron chi connectivity index (χ2n) is 6.65. The van der Waals surface area contributed by atoms with Gasteiger partial charge in [0, 0.05) is 57.0 Å². The van der Waals surface area contributed by atoms with E-state index in [9.17, 15) is 9.00 Å². The quantitative estimate of drug-likeness (QED) is 0.590. The molecule has 0 saturated carbocycles. The van der Waals surface area contributed by atoms with Crippen LogP contribution < -0.4 is 5.32 Å². The van der Waals surface area contributed by atoms with Crippen molar-refractivity contribution in [3.05, 3.63) is 30.3 Å². The van der Waals surface area contributed by atoms with Gasteiger partial charge >= 0.3 is 0 Å². The van der Waals surface area contributed by atoms with Crippen LogP contribution in [-0.4, -0.2) is 84.1 Å². The molecule has 3 rings (SSSR count). The molecule has 7 nitrogen and oxygen atoms in total. The summed E-state index contributed by atoms with van der Waals surface area (Å²) >= 11 is 0. The summed E-state index contributed by atoms with van der Waals surface area (Å²) in [6.45, 7) is 4.10. The van der Waals surface area contributed by atoms with Crippen molar-refractivity contribution < 1.29 is 13.7 Å². The van der Waals surface area contributed by atoms with Gasteiger partial charge in [0.25, 0.3) is 5.91 Å². The molecule has 2 unspecified atom stereocenters. The first-order valence-corrected chi connectivity index (χ1v) is 10.8. The average molecular weight is 393 g/mol. The van der Waals surface area contributed by atoms with E-state index in [0.717, 1.165) is 36.8 Å². The lowest BCUT2D eigenvalue weighted by molar-refractivity contribution is -0.142. The van der Waals surface area contributed by atoms with Crippen molar-refractivity contribution in [2.75, 3.05) is 52.1 Å². The number of nitrogens with zero attached hydrogens (tertiary/aromatic N) is 3. The van der Waals surface area contributed by atoms with Crippen LogP contribution in [0.3, 0.4) is 0 Å². The van der Waals surface area contributed by atoms with E-state index in [2.05, 4.69) is 15.2 Å². The van der Waals surface area contributed by atoms with Gasteiger partial charge in [-0.3, -0.25) is 14.0 Å². The van der Waals surface area contributed by atoms with E-state index in [1.807, 2.05) is 35.2 Å². The highest BCUT2D eigenvalue weighted by Gasteiger charge is 2.30. The summed E-state index contributed by atoms with van der Waals surface area (Å²) in [6, 6.07) is 9.49. The molecule has 1 N–H and O–H groups in total. The molecule has 0 spiro atoms. The van der Waals surface area contributed by atoms with Crippen molar-refractivity contribution in [1.29, 1.82) is 0 Å². The summed E-state index contributed by atoms with van der Waals surface area (Å²) in [5, 5.41) is 3.29. The van der Waals surface area contributed by atoms with Crippen LogP contribution in [0.2, 0.25) is 0 Å². The van der Waals surface area contributed by atoms with Crippen molar-refractivity contribution >= 4 is 22.7 Å². The predicted octanol–water partition coefficient (Wildman–Crippen LogP) is 0.693. The fraction of sp³-hybridized carbons (Fsp3) is 0.579. The molecule has 148 valence electrons. The molecule has 1 aromatic rings. The molecule has 0 radical (unpaired) electrons. The van der Waals surface area contributed by atoms with Gasteiger partial charge in [-0.15, -0.1) is 0 Å². The number of aliphatic imine (C=N–C) groups is 1. The number of nitrogens with one attached hydrogen (secondary N) is 1. The van der Waals surface area contributed by atoms with Gasteiger partial charge in [-0.1, -0.05) is 18.2 Å². The highest BCUT2D eigenvalue weighted by molar-refractivity contribution is 7.85. The first-order valence-electron chi connectivity index (χ1n) is 9.48. The molecule has 0 aliphatic carbocycles. The summed E-state index contributed by atoms with van der Waals surface area (Å²) < 4.78 is 17.8. The van der Waals surface area contributed by atoms with Gasteiger partial charge in [0.15, 0.2) is 5.96 Å². The van der Waals surface area contributed by atoms with Gasteiger partial charge in [-0.2, -0.15) is 0 Å². The Balaban J connectivity index is 1.42. The van der Waals surface area contributed by atoms with Crippen molar-refractivity contribution in [2.45, 2.75) is 23.8 Å². The van der Waals surface area contributed by atoms with E-state index in [0.29, 0.717) is 32.0 Å². The molecule has 1 aromatic carbocycles. The van der Waals surface area contributed by atoms with Crippen LogP contribution in [0.4, 0.5) is 0 Å². The zero-order chi connectivity index (χ0) is 19.1. The lowest BCUT2D eigenvalue weighted by Crippen LogP contribution is -2.55. The largest absolute Gasteiger partial charge is 0.368 e. The van der Waals surface area contributed by atoms with Crippen molar-refractivity contribution in [2.24, 2.45) is 4.99 Å². The summed E-state index contributed by atoms with van der Waals surface area (Å²) in [6.07, 6.45) is 1.56. The first-order chi connectivity index (χ1) is 13.2. The van der Waals surface area contributed by atoms with Gasteiger partial charge < -0.3 is 19.9 Å². The molecule has 2 aliphatic heterocycles. The van der Waals surface area contributed by atoms with Gasteiger partial charge in [0.1, 0.15) is 6.10 Å². The standard InChI is InChI=1S/C19H28N4O3S/c1-20-19(21-9-15-27(25)16-6-3-2-4-7-16)23-12-10-22(11-13-23)18(24)17-8-5-14-26-17/h2-4,6-7,17H,5,8-15H2,1H3,(H,20,21). The third kappa shape index (κ3) is 5.29. The fourth-order valence-corrected chi connectivity index (χ4v) is 4.38. The van der Waals surface area contributed by atoms with Crippen molar-refractivity contribution in [3.8, 4) is 0 Å². The number of amides is 1. The van der Waals surface area contributed by atoms with E-state index >= 15 is 0 Å². The topological polar surface area (TPSA) is 74.2 Å². The Kier molecular flexibility index (Phi) is 7.23. The van der Waals surface area contributed by atoms with Crippen LogP contribution in [-0.2, 0) is 20.3 Å². The van der Waals surface area contributed by atoms with E-state index in [1.165, 1.54) is 0 Å². The molecular formula is C19H28N4O3S. The number of carbonyl (C=O) groups excluding carboxylic acids is 1. The summed E-state index contributed by atoms with van der Waals surface area (Å²) in [7, 11) is 0.727. The molecule has 2 heterocycles. The number of hydrogen-bond donors (Lipinski definition) is 1. The number of guanidine groups is 1. The van der Waals surface area contributed by atoms with Crippen LogP contribution in [0.25, 0.3) is 0 Å². The smallest absolute Gasteiger partial charge is 0.251 e. The van der Waals surface area contributed by atoms with Gasteiger partial charge in [0.2, 0.25) is 0 Å². The van der Waals surface area contributed by atoms with E-state index in [-0.39, 0.29) is 12.0 Å². The minimum Gasteiger partial charge on any atom is -0.368 e. The monoisotopic (exact) mass is 392 g/mol. The number of piperazine rings is 1. The Morgan fingerprint density at radius 2 is 1.93 bits per heavy atom. The Labute approximate surface area is 163 Å². The van der Waals surface area contributed by atoms with E-state index in [4.69, 9.17) is 4.74 Å². The van der Waals surface area contributed by atoms with Crippen molar-refractivity contribution in [1.82, 2.24) is 15.1 Å². The molecule has 2 aliphatic rings. The Hall–Kier alpha value is -1.93. The predicted molar refractivity (Wildman–Crippen MR) is 106 cm³/mol. The van der Waals surface area contributed by atoms with Crippen LogP contribution in [0.15, 0.2) is 40.2 Å². The lowest BCUT2D eigenvalue weighted by Gasteiger charge is -2.37. The second kappa shape index (κ2) is 9.85. The maximum Gasteiger partial charge on any atom is 0.251 e. The fourth-order valence-electron chi connectivity index (χ4n) is 3.39. The zero-order valence-electron chi connectivity index (χ0n) is 15.8. The summed E-state index contributed by atoms with van der Waals surface area (Å²) in [4.78, 5) is 21.6. The Morgan fingerprint density at radius 3 is 2.56 bits per heavy atom. The maximum absolute atomic E-state index is 12.4. The van der Waals surface area contributed by atoms with Crippen LogP contribution in [0.1, 0.15) is 12.8 Å². The molecule has 8 heteroatoms. The number of hydrogen-bond acceptors (Lipinski definition) is 4. The average Bonchev–Trinajstić information content (AvgIpc) is 3.26. The van der Waals surface area contributed by atoms with Gasteiger partial charge in [-0.25, -0.2) is 0 Å². The molecule has 2 atom stereocenters. The lowest BCUT2D eigenvalue weighted by atomic mass is 10.2. The number of rotatable bonds is 5. The normalized spacial score (nSPS) is 22.0. The molecule has 1 amide bonds. The molecular weight excluding hydrogens is 364 g/mol. The van der Waals surface area contributed by atoms with Gasteiger partial charge in [-0.05, 0) is 25.0 Å². The highest BCUT2D eigenvalue weighted by atomic mass is 32.2. The SMILES string of the molecule is CN=C(NCCS(=O)c1ccccc1)N1CCN(C(=O)C2CCCO2)CC1. The minimum atomic E-state index is -1.02. The Morgan fingerprint density at radius 1 is 1.22 bits per heavy atom.